The number of piperazine rings is 1. The molecular formula is C29H31N3O4S. The van der Waals surface area contributed by atoms with Crippen LogP contribution in [0.4, 0.5) is 5.69 Å². The minimum atomic E-state index is -0.612. The van der Waals surface area contributed by atoms with Gasteiger partial charge in [0.1, 0.15) is 5.56 Å². The number of anilines is 1. The van der Waals surface area contributed by atoms with Gasteiger partial charge in [0.05, 0.1) is 29.3 Å². The zero-order chi connectivity index (χ0) is 25.9. The van der Waals surface area contributed by atoms with Crippen LogP contribution < -0.4 is 10.5 Å². The Morgan fingerprint density at radius 2 is 1.78 bits per heavy atom. The molecule has 1 saturated heterocycles. The Kier molecular flexibility index (Phi) is 7.37. The minimum absolute atomic E-state index is 0.0599. The lowest BCUT2D eigenvalue weighted by atomic mass is 10.0. The Bertz CT molecular complexity index is 1420. The van der Waals surface area contributed by atoms with Crippen LogP contribution in [0.25, 0.3) is 10.9 Å². The summed E-state index contributed by atoms with van der Waals surface area (Å²) in [6.07, 6.45) is 2.94. The molecule has 2 aromatic carbocycles. The van der Waals surface area contributed by atoms with Crippen LogP contribution in [-0.2, 0) is 16.1 Å². The second-order valence-corrected chi connectivity index (χ2v) is 10.5. The molecule has 5 rings (SSSR count). The first-order valence-electron chi connectivity index (χ1n) is 12.7. The Morgan fingerprint density at radius 3 is 2.46 bits per heavy atom. The number of carbonyl (C=O) groups is 2. The van der Waals surface area contributed by atoms with E-state index in [1.54, 1.807) is 23.3 Å². The van der Waals surface area contributed by atoms with E-state index in [1.165, 1.54) is 0 Å². The van der Waals surface area contributed by atoms with Crippen LogP contribution in [0.2, 0.25) is 0 Å². The number of amides is 1. The van der Waals surface area contributed by atoms with Gasteiger partial charge in [0.15, 0.2) is 0 Å². The zero-order valence-corrected chi connectivity index (χ0v) is 22.1. The predicted octanol–water partition coefficient (Wildman–Crippen LogP) is 4.20. The van der Waals surface area contributed by atoms with Gasteiger partial charge in [-0.2, -0.15) is 0 Å². The number of fused-ring (bicyclic) bond motifs is 1. The van der Waals surface area contributed by atoms with Crippen LogP contribution in [-0.4, -0.2) is 59.9 Å². The van der Waals surface area contributed by atoms with Crippen molar-refractivity contribution in [2.45, 2.75) is 26.8 Å². The summed E-state index contributed by atoms with van der Waals surface area (Å²) < 4.78 is 7.07. The number of allylic oxidation sites excluding steroid dienone is 1. The highest BCUT2D eigenvalue weighted by atomic mass is 32.2. The van der Waals surface area contributed by atoms with E-state index in [1.807, 2.05) is 66.4 Å². The molecule has 0 saturated carbocycles. The summed E-state index contributed by atoms with van der Waals surface area (Å²) in [6, 6.07) is 15.7. The lowest BCUT2D eigenvalue weighted by Crippen LogP contribution is -2.50. The third kappa shape index (κ3) is 5.03. The quantitative estimate of drug-likeness (QED) is 0.457. The van der Waals surface area contributed by atoms with Crippen molar-refractivity contribution in [2.75, 3.05) is 43.4 Å². The van der Waals surface area contributed by atoms with Crippen LogP contribution in [0.5, 0.6) is 0 Å². The van der Waals surface area contributed by atoms with Crippen molar-refractivity contribution >= 4 is 40.2 Å². The van der Waals surface area contributed by atoms with Crippen LogP contribution in [0.3, 0.4) is 0 Å². The highest BCUT2D eigenvalue weighted by Gasteiger charge is 2.31. The number of benzene rings is 2. The summed E-state index contributed by atoms with van der Waals surface area (Å²) in [6.45, 7) is 6.38. The van der Waals surface area contributed by atoms with E-state index >= 15 is 0 Å². The number of ether oxygens (including phenoxy) is 1. The summed E-state index contributed by atoms with van der Waals surface area (Å²) in [5.74, 6) is 0.416. The number of hydrogen-bond acceptors (Lipinski definition) is 6. The van der Waals surface area contributed by atoms with Gasteiger partial charge in [-0.05, 0) is 38.0 Å². The molecule has 37 heavy (non-hydrogen) atoms. The van der Waals surface area contributed by atoms with E-state index in [0.717, 1.165) is 39.1 Å². The Morgan fingerprint density at radius 1 is 1.03 bits per heavy atom. The fraction of sp³-hybridized carbons (Fsp3) is 0.345. The summed E-state index contributed by atoms with van der Waals surface area (Å²) in [4.78, 5) is 44.9. The molecule has 8 heteroatoms. The number of rotatable bonds is 6. The SMILES string of the molecule is CCOC(=O)c1c(N2CCN(C(=O)C3=CCCS3)CC2)c2cc(C)ccc2n(Cc2ccccc2)c1=O. The molecule has 0 atom stereocenters. The molecule has 0 unspecified atom stereocenters. The smallest absolute Gasteiger partial charge is 0.345 e. The van der Waals surface area contributed by atoms with E-state index in [0.29, 0.717) is 38.4 Å². The number of esters is 1. The minimum Gasteiger partial charge on any atom is -0.462 e. The van der Waals surface area contributed by atoms with E-state index in [2.05, 4.69) is 4.90 Å². The Balaban J connectivity index is 1.59. The molecule has 1 amide bonds. The molecule has 3 heterocycles. The van der Waals surface area contributed by atoms with Crippen molar-refractivity contribution in [3.63, 3.8) is 0 Å². The Labute approximate surface area is 220 Å². The maximum atomic E-state index is 14.0. The fourth-order valence-corrected chi connectivity index (χ4v) is 5.99. The molecule has 0 N–H and O–H groups in total. The molecule has 3 aromatic rings. The van der Waals surface area contributed by atoms with Gasteiger partial charge in [-0.25, -0.2) is 4.79 Å². The molecule has 2 aliphatic heterocycles. The van der Waals surface area contributed by atoms with Crippen molar-refractivity contribution in [1.82, 2.24) is 9.47 Å². The number of nitrogens with zero attached hydrogens (tertiary/aromatic N) is 3. The first-order valence-corrected chi connectivity index (χ1v) is 13.7. The van der Waals surface area contributed by atoms with Gasteiger partial charge in [0, 0.05) is 37.3 Å². The first-order chi connectivity index (χ1) is 18.0. The average molecular weight is 518 g/mol. The number of aryl methyl sites for hydroxylation is 1. The lowest BCUT2D eigenvalue weighted by Gasteiger charge is -2.37. The van der Waals surface area contributed by atoms with Gasteiger partial charge in [0.2, 0.25) is 0 Å². The largest absolute Gasteiger partial charge is 0.462 e. The van der Waals surface area contributed by atoms with Gasteiger partial charge >= 0.3 is 5.97 Å². The Hall–Kier alpha value is -3.52. The molecule has 7 nitrogen and oxygen atoms in total. The average Bonchev–Trinajstić information content (AvgIpc) is 3.45. The van der Waals surface area contributed by atoms with Crippen molar-refractivity contribution in [3.8, 4) is 0 Å². The van der Waals surface area contributed by atoms with E-state index in [4.69, 9.17) is 4.74 Å². The molecule has 0 bridgehead atoms. The second-order valence-electron chi connectivity index (χ2n) is 9.33. The van der Waals surface area contributed by atoms with Gasteiger partial charge in [0.25, 0.3) is 11.5 Å². The summed E-state index contributed by atoms with van der Waals surface area (Å²) in [5, 5.41) is 0.840. The van der Waals surface area contributed by atoms with Crippen molar-refractivity contribution in [1.29, 1.82) is 0 Å². The van der Waals surface area contributed by atoms with Crippen LogP contribution in [0.15, 0.2) is 64.3 Å². The van der Waals surface area contributed by atoms with Crippen LogP contribution in [0, 0.1) is 6.92 Å². The van der Waals surface area contributed by atoms with Gasteiger partial charge in [-0.15, -0.1) is 11.8 Å². The third-order valence-electron chi connectivity index (χ3n) is 6.86. The van der Waals surface area contributed by atoms with E-state index in [-0.39, 0.29) is 23.6 Å². The van der Waals surface area contributed by atoms with Gasteiger partial charge in [-0.1, -0.05) is 48.0 Å². The highest BCUT2D eigenvalue weighted by molar-refractivity contribution is 8.04. The maximum Gasteiger partial charge on any atom is 0.345 e. The van der Waals surface area contributed by atoms with E-state index in [9.17, 15) is 14.4 Å². The predicted molar refractivity (Wildman–Crippen MR) is 148 cm³/mol. The lowest BCUT2D eigenvalue weighted by molar-refractivity contribution is -0.126. The maximum absolute atomic E-state index is 14.0. The molecule has 1 aromatic heterocycles. The molecule has 1 fully saturated rings. The van der Waals surface area contributed by atoms with Crippen LogP contribution in [0.1, 0.15) is 34.8 Å². The van der Waals surface area contributed by atoms with Crippen molar-refractivity contribution in [2.24, 2.45) is 0 Å². The normalized spacial score (nSPS) is 15.7. The van der Waals surface area contributed by atoms with Crippen molar-refractivity contribution in [3.05, 3.63) is 86.6 Å². The fourth-order valence-electron chi connectivity index (χ4n) is 5.05. The highest BCUT2D eigenvalue weighted by Crippen LogP contribution is 2.33. The number of pyridine rings is 1. The number of hydrogen-bond donors (Lipinski definition) is 0. The first kappa shape index (κ1) is 25.1. The van der Waals surface area contributed by atoms with Gasteiger partial charge in [-0.3, -0.25) is 9.59 Å². The zero-order valence-electron chi connectivity index (χ0n) is 21.2. The molecule has 192 valence electrons. The van der Waals surface area contributed by atoms with Crippen LogP contribution >= 0.6 is 11.8 Å². The third-order valence-corrected chi connectivity index (χ3v) is 7.95. The standard InChI is InChI=1S/C29H31N3O4S/c1-3-36-29(35)25-26(30-13-15-31(16-14-30)27(33)24-10-7-17-37-24)22-18-20(2)11-12-23(22)32(28(25)34)19-21-8-5-4-6-9-21/h4-6,8-12,18H,3,7,13-17,19H2,1-2H3. The topological polar surface area (TPSA) is 71.8 Å². The van der Waals surface area contributed by atoms with E-state index < -0.39 is 5.97 Å². The molecule has 0 spiro atoms. The molecular weight excluding hydrogens is 486 g/mol. The molecule has 0 radical (unpaired) electrons. The van der Waals surface area contributed by atoms with Gasteiger partial charge < -0.3 is 19.1 Å². The number of aromatic nitrogens is 1. The molecule has 2 aliphatic rings. The second kappa shape index (κ2) is 10.8. The number of thioether (sulfide) groups is 1. The summed E-state index contributed by atoms with van der Waals surface area (Å²) in [7, 11) is 0. The molecule has 0 aliphatic carbocycles. The summed E-state index contributed by atoms with van der Waals surface area (Å²) >= 11 is 1.61. The monoisotopic (exact) mass is 517 g/mol. The number of carbonyl (C=O) groups excluding carboxylic acids is 2. The summed E-state index contributed by atoms with van der Waals surface area (Å²) in [5.41, 5.74) is 3.08. The van der Waals surface area contributed by atoms with Crippen molar-refractivity contribution < 1.29 is 14.3 Å².